The Balaban J connectivity index is 3.08. The highest BCUT2D eigenvalue weighted by molar-refractivity contribution is 9.10. The molecular weight excluding hydrogens is 244 g/mol. The fourth-order valence-electron chi connectivity index (χ4n) is 0.716. The lowest BCUT2D eigenvalue weighted by Gasteiger charge is -2.14. The Kier molecular flexibility index (Phi) is 2.67. The maximum absolute atomic E-state index is 5.91. The summed E-state index contributed by atoms with van der Waals surface area (Å²) in [6.07, 6.45) is 0. The minimum absolute atomic E-state index is 0.209. The van der Waals surface area contributed by atoms with Crippen molar-refractivity contribution in [2.75, 3.05) is 0 Å². The maximum atomic E-state index is 5.91. The van der Waals surface area contributed by atoms with Crippen LogP contribution in [0.1, 0.15) is 25.6 Å². The molecule has 0 fully saturated rings. The normalized spacial score (nSPS) is 12.1. The molecule has 0 saturated carbocycles. The number of hydrogen-bond acceptors (Lipinski definition) is 1. The standard InChI is InChI=1S/C8H10BrClS/c1-8(2,3)6-4-5(9)7(10)11-6/h4H,1-3H3. The largest absolute Gasteiger partial charge is 0.127 e. The van der Waals surface area contributed by atoms with Gasteiger partial charge in [0, 0.05) is 9.35 Å². The van der Waals surface area contributed by atoms with Gasteiger partial charge in [-0.2, -0.15) is 0 Å². The first kappa shape index (κ1) is 9.56. The van der Waals surface area contributed by atoms with E-state index in [2.05, 4.69) is 42.8 Å². The summed E-state index contributed by atoms with van der Waals surface area (Å²) in [6.45, 7) is 6.55. The maximum Gasteiger partial charge on any atom is 0.107 e. The molecule has 1 aromatic heterocycles. The Morgan fingerprint density at radius 2 is 2.00 bits per heavy atom. The number of rotatable bonds is 0. The third kappa shape index (κ3) is 2.20. The van der Waals surface area contributed by atoms with Crippen LogP contribution in [0.2, 0.25) is 4.34 Å². The summed E-state index contributed by atoms with van der Waals surface area (Å²) < 4.78 is 1.85. The lowest BCUT2D eigenvalue weighted by Crippen LogP contribution is -2.07. The van der Waals surface area contributed by atoms with Gasteiger partial charge >= 0.3 is 0 Å². The summed E-state index contributed by atoms with van der Waals surface area (Å²) >= 11 is 10.9. The first-order valence-electron chi connectivity index (χ1n) is 3.36. The summed E-state index contributed by atoms with van der Waals surface area (Å²) in [5.41, 5.74) is 0.209. The minimum Gasteiger partial charge on any atom is -0.127 e. The van der Waals surface area contributed by atoms with E-state index in [-0.39, 0.29) is 5.41 Å². The summed E-state index contributed by atoms with van der Waals surface area (Å²) in [7, 11) is 0. The van der Waals surface area contributed by atoms with Crippen LogP contribution >= 0.6 is 38.9 Å². The van der Waals surface area contributed by atoms with Gasteiger partial charge in [-0.1, -0.05) is 32.4 Å². The van der Waals surface area contributed by atoms with Crippen molar-refractivity contribution in [1.82, 2.24) is 0 Å². The van der Waals surface area contributed by atoms with E-state index >= 15 is 0 Å². The molecular formula is C8H10BrClS. The molecule has 0 radical (unpaired) electrons. The highest BCUT2D eigenvalue weighted by Gasteiger charge is 2.17. The quantitative estimate of drug-likeness (QED) is 0.640. The zero-order valence-electron chi connectivity index (χ0n) is 6.74. The summed E-state index contributed by atoms with van der Waals surface area (Å²) in [6, 6.07) is 2.09. The van der Waals surface area contributed by atoms with E-state index < -0.39 is 0 Å². The van der Waals surface area contributed by atoms with Gasteiger partial charge in [0.05, 0.1) is 0 Å². The van der Waals surface area contributed by atoms with E-state index in [0.717, 1.165) is 8.81 Å². The van der Waals surface area contributed by atoms with Crippen LogP contribution in [0.5, 0.6) is 0 Å². The predicted molar refractivity (Wildman–Crippen MR) is 55.7 cm³/mol. The van der Waals surface area contributed by atoms with Crippen LogP contribution in [0.25, 0.3) is 0 Å². The third-order valence-corrected chi connectivity index (χ3v) is 4.28. The van der Waals surface area contributed by atoms with E-state index in [4.69, 9.17) is 11.6 Å². The Hall–Kier alpha value is 0.470. The van der Waals surface area contributed by atoms with Crippen molar-refractivity contribution in [3.8, 4) is 0 Å². The van der Waals surface area contributed by atoms with E-state index in [1.54, 1.807) is 11.3 Å². The highest BCUT2D eigenvalue weighted by Crippen LogP contribution is 2.37. The van der Waals surface area contributed by atoms with Crippen LogP contribution in [0.4, 0.5) is 0 Å². The van der Waals surface area contributed by atoms with Crippen molar-refractivity contribution in [2.24, 2.45) is 0 Å². The van der Waals surface area contributed by atoms with Crippen LogP contribution in [0.15, 0.2) is 10.5 Å². The van der Waals surface area contributed by atoms with Crippen LogP contribution in [0, 0.1) is 0 Å². The second kappa shape index (κ2) is 3.08. The van der Waals surface area contributed by atoms with E-state index in [9.17, 15) is 0 Å². The molecule has 0 atom stereocenters. The van der Waals surface area contributed by atoms with Gasteiger partial charge in [0.1, 0.15) is 4.34 Å². The van der Waals surface area contributed by atoms with Crippen LogP contribution in [-0.2, 0) is 5.41 Å². The molecule has 11 heavy (non-hydrogen) atoms. The van der Waals surface area contributed by atoms with Gasteiger partial charge in [-0.3, -0.25) is 0 Å². The predicted octanol–water partition coefficient (Wildman–Crippen LogP) is 4.46. The van der Waals surface area contributed by atoms with Gasteiger partial charge in [-0.05, 0) is 27.4 Å². The van der Waals surface area contributed by atoms with Crippen LogP contribution < -0.4 is 0 Å². The van der Waals surface area contributed by atoms with Crippen molar-refractivity contribution in [3.05, 3.63) is 19.8 Å². The van der Waals surface area contributed by atoms with E-state index in [1.165, 1.54) is 4.88 Å². The highest BCUT2D eigenvalue weighted by atomic mass is 79.9. The van der Waals surface area contributed by atoms with Crippen molar-refractivity contribution >= 4 is 38.9 Å². The van der Waals surface area contributed by atoms with Crippen molar-refractivity contribution in [2.45, 2.75) is 26.2 Å². The van der Waals surface area contributed by atoms with Crippen molar-refractivity contribution in [1.29, 1.82) is 0 Å². The Labute approximate surface area is 84.7 Å². The molecule has 0 aliphatic carbocycles. The molecule has 0 nitrogen and oxygen atoms in total. The topological polar surface area (TPSA) is 0 Å². The average molecular weight is 254 g/mol. The molecule has 0 saturated heterocycles. The van der Waals surface area contributed by atoms with Crippen molar-refractivity contribution < 1.29 is 0 Å². The smallest absolute Gasteiger partial charge is 0.107 e. The first-order chi connectivity index (χ1) is 4.91. The fraction of sp³-hybridized carbons (Fsp3) is 0.500. The molecule has 0 bridgehead atoms. The molecule has 3 heteroatoms. The zero-order chi connectivity index (χ0) is 8.65. The number of hydrogen-bond donors (Lipinski definition) is 0. The number of thiophene rings is 1. The second-order valence-electron chi connectivity index (χ2n) is 3.48. The molecule has 1 aromatic rings. The minimum atomic E-state index is 0.209. The molecule has 0 spiro atoms. The molecule has 0 aliphatic rings. The van der Waals surface area contributed by atoms with Gasteiger partial charge in [-0.25, -0.2) is 0 Å². The summed E-state index contributed by atoms with van der Waals surface area (Å²) in [5.74, 6) is 0. The van der Waals surface area contributed by atoms with Gasteiger partial charge < -0.3 is 0 Å². The zero-order valence-corrected chi connectivity index (χ0v) is 9.90. The lowest BCUT2D eigenvalue weighted by atomic mass is 9.95. The fourth-order valence-corrected chi connectivity index (χ4v) is 2.48. The van der Waals surface area contributed by atoms with E-state index in [0.29, 0.717) is 0 Å². The van der Waals surface area contributed by atoms with Crippen LogP contribution in [-0.4, -0.2) is 0 Å². The molecule has 0 amide bonds. The van der Waals surface area contributed by atoms with Gasteiger partial charge in [-0.15, -0.1) is 11.3 Å². The van der Waals surface area contributed by atoms with E-state index in [1.807, 2.05) is 0 Å². The molecule has 0 aromatic carbocycles. The average Bonchev–Trinajstić information content (AvgIpc) is 2.11. The van der Waals surface area contributed by atoms with Gasteiger partial charge in [0.25, 0.3) is 0 Å². The Morgan fingerprint density at radius 3 is 2.18 bits per heavy atom. The summed E-state index contributed by atoms with van der Waals surface area (Å²) in [5, 5.41) is 0. The molecule has 0 unspecified atom stereocenters. The molecule has 62 valence electrons. The summed E-state index contributed by atoms with van der Waals surface area (Å²) in [4.78, 5) is 1.31. The molecule has 1 rings (SSSR count). The molecule has 1 heterocycles. The molecule has 0 N–H and O–H groups in total. The second-order valence-corrected chi connectivity index (χ2v) is 5.99. The SMILES string of the molecule is CC(C)(C)c1cc(Br)c(Cl)s1. The number of halogens is 2. The van der Waals surface area contributed by atoms with Crippen molar-refractivity contribution in [3.63, 3.8) is 0 Å². The monoisotopic (exact) mass is 252 g/mol. The van der Waals surface area contributed by atoms with Crippen LogP contribution in [0.3, 0.4) is 0 Å². The van der Waals surface area contributed by atoms with Gasteiger partial charge in [0.15, 0.2) is 0 Å². The first-order valence-corrected chi connectivity index (χ1v) is 5.35. The Morgan fingerprint density at radius 1 is 1.45 bits per heavy atom. The third-order valence-electron chi connectivity index (χ3n) is 1.38. The van der Waals surface area contributed by atoms with Gasteiger partial charge in [0.2, 0.25) is 0 Å². The Bertz CT molecular complexity index is 240. The molecule has 0 aliphatic heterocycles. The lowest BCUT2D eigenvalue weighted by molar-refractivity contribution is 0.604.